The third-order valence-electron chi connectivity index (χ3n) is 2.44. The predicted molar refractivity (Wildman–Crippen MR) is 67.5 cm³/mol. The molecule has 0 bridgehead atoms. The summed E-state index contributed by atoms with van der Waals surface area (Å²) in [6.45, 7) is 3.77. The minimum atomic E-state index is -0.429. The Bertz CT molecular complexity index is 592. The molecule has 0 radical (unpaired) electrons. The minimum Gasteiger partial charge on any atom is -0.462 e. The first kappa shape index (κ1) is 12.3. The normalized spacial score (nSPS) is 10.8. The maximum absolute atomic E-state index is 13.6. The Morgan fingerprint density at radius 3 is 2.82 bits per heavy atom. The number of benzene rings is 1. The molecule has 0 aliphatic carbocycles. The van der Waals surface area contributed by atoms with E-state index in [2.05, 4.69) is 0 Å². The van der Waals surface area contributed by atoms with Crippen LogP contribution in [-0.2, 0) is 4.74 Å². The van der Waals surface area contributed by atoms with Gasteiger partial charge in [0.05, 0.1) is 11.3 Å². The first-order chi connectivity index (χ1) is 8.06. The van der Waals surface area contributed by atoms with Crippen molar-refractivity contribution in [1.82, 2.24) is 0 Å². The molecule has 0 amide bonds. The van der Waals surface area contributed by atoms with E-state index >= 15 is 0 Å². The van der Waals surface area contributed by atoms with E-state index < -0.39 is 5.97 Å². The number of thiophene rings is 1. The molecule has 0 aliphatic rings. The van der Waals surface area contributed by atoms with Crippen LogP contribution >= 0.6 is 22.9 Å². The summed E-state index contributed by atoms with van der Waals surface area (Å²) in [6.07, 6.45) is 0. The molecule has 1 heterocycles. The smallest absolute Gasteiger partial charge is 0.348 e. The summed E-state index contributed by atoms with van der Waals surface area (Å²) in [5.41, 5.74) is 0.674. The number of esters is 1. The van der Waals surface area contributed by atoms with Crippen LogP contribution in [0.2, 0.25) is 5.02 Å². The first-order valence-electron chi connectivity index (χ1n) is 5.10. The largest absolute Gasteiger partial charge is 0.462 e. The monoisotopic (exact) mass is 272 g/mol. The van der Waals surface area contributed by atoms with Crippen molar-refractivity contribution < 1.29 is 13.9 Å². The van der Waals surface area contributed by atoms with Gasteiger partial charge in [0.1, 0.15) is 10.7 Å². The van der Waals surface area contributed by atoms with Crippen LogP contribution in [0.15, 0.2) is 12.1 Å². The molecule has 0 N–H and O–H groups in total. The van der Waals surface area contributed by atoms with Crippen molar-refractivity contribution in [3.05, 3.63) is 33.4 Å². The van der Waals surface area contributed by atoms with Crippen LogP contribution in [0.5, 0.6) is 0 Å². The molecule has 0 fully saturated rings. The molecule has 0 atom stereocenters. The summed E-state index contributed by atoms with van der Waals surface area (Å²) in [6, 6.07) is 2.80. The molecule has 90 valence electrons. The van der Waals surface area contributed by atoms with Gasteiger partial charge >= 0.3 is 5.97 Å². The number of hydrogen-bond acceptors (Lipinski definition) is 3. The van der Waals surface area contributed by atoms with E-state index in [1.165, 1.54) is 12.1 Å². The van der Waals surface area contributed by atoms with Gasteiger partial charge in [0, 0.05) is 10.4 Å². The van der Waals surface area contributed by atoms with Gasteiger partial charge in [-0.3, -0.25) is 0 Å². The van der Waals surface area contributed by atoms with Crippen molar-refractivity contribution in [2.24, 2.45) is 0 Å². The van der Waals surface area contributed by atoms with Gasteiger partial charge < -0.3 is 4.74 Å². The molecule has 2 aromatic rings. The molecule has 17 heavy (non-hydrogen) atoms. The summed E-state index contributed by atoms with van der Waals surface area (Å²) in [5.74, 6) is -0.797. The number of ether oxygens (including phenoxy) is 1. The number of halogens is 2. The standard InChI is InChI=1S/C12H10ClFO2S/c1-3-16-12(15)10-6(2)9-7(13)4-5-8(14)11(9)17-10/h4-5H,3H2,1-2H3. The Balaban J connectivity index is 2.68. The highest BCUT2D eigenvalue weighted by Crippen LogP contribution is 2.37. The lowest BCUT2D eigenvalue weighted by Crippen LogP contribution is -2.03. The summed E-state index contributed by atoms with van der Waals surface area (Å²) < 4.78 is 18.9. The van der Waals surface area contributed by atoms with Crippen LogP contribution in [0.1, 0.15) is 22.2 Å². The SMILES string of the molecule is CCOC(=O)c1sc2c(F)ccc(Cl)c2c1C. The maximum Gasteiger partial charge on any atom is 0.348 e. The molecule has 2 nitrogen and oxygen atoms in total. The zero-order valence-corrected chi connectivity index (χ0v) is 10.9. The fourth-order valence-electron chi connectivity index (χ4n) is 1.67. The fraction of sp³-hybridized carbons (Fsp3) is 0.250. The highest BCUT2D eigenvalue weighted by molar-refractivity contribution is 7.21. The van der Waals surface area contributed by atoms with E-state index in [0.29, 0.717) is 32.2 Å². The number of rotatable bonds is 2. The van der Waals surface area contributed by atoms with Gasteiger partial charge in [-0.05, 0) is 31.5 Å². The van der Waals surface area contributed by atoms with Gasteiger partial charge in [0.15, 0.2) is 0 Å². The van der Waals surface area contributed by atoms with Crippen molar-refractivity contribution in [2.45, 2.75) is 13.8 Å². The summed E-state index contributed by atoms with van der Waals surface area (Å²) >= 11 is 7.10. The molecule has 1 aromatic carbocycles. The third kappa shape index (κ3) is 2.03. The Hall–Kier alpha value is -1.13. The van der Waals surface area contributed by atoms with Gasteiger partial charge in [-0.15, -0.1) is 11.3 Å². The van der Waals surface area contributed by atoms with Crippen LogP contribution in [-0.4, -0.2) is 12.6 Å². The predicted octanol–water partition coefficient (Wildman–Crippen LogP) is 4.18. The van der Waals surface area contributed by atoms with Gasteiger partial charge in [-0.25, -0.2) is 9.18 Å². The Labute approximate surface area is 107 Å². The molecule has 0 saturated heterocycles. The first-order valence-corrected chi connectivity index (χ1v) is 6.30. The molecule has 0 aliphatic heterocycles. The van der Waals surface area contributed by atoms with Crippen molar-refractivity contribution in [3.63, 3.8) is 0 Å². The van der Waals surface area contributed by atoms with Gasteiger partial charge in [0.2, 0.25) is 0 Å². The Morgan fingerprint density at radius 1 is 1.53 bits per heavy atom. The zero-order valence-electron chi connectivity index (χ0n) is 9.34. The van der Waals surface area contributed by atoms with Crippen LogP contribution < -0.4 is 0 Å². The van der Waals surface area contributed by atoms with E-state index in [0.717, 1.165) is 11.3 Å². The third-order valence-corrected chi connectivity index (χ3v) is 4.03. The highest BCUT2D eigenvalue weighted by Gasteiger charge is 2.20. The van der Waals surface area contributed by atoms with E-state index in [1.54, 1.807) is 13.8 Å². The lowest BCUT2D eigenvalue weighted by molar-refractivity contribution is 0.0531. The molecule has 2 rings (SSSR count). The Morgan fingerprint density at radius 2 is 2.24 bits per heavy atom. The van der Waals surface area contributed by atoms with E-state index in [4.69, 9.17) is 16.3 Å². The van der Waals surface area contributed by atoms with Gasteiger partial charge in [0.25, 0.3) is 0 Å². The number of carbonyl (C=O) groups excluding carboxylic acids is 1. The summed E-state index contributed by atoms with van der Waals surface area (Å²) in [7, 11) is 0. The molecular formula is C12H10ClFO2S. The van der Waals surface area contributed by atoms with Crippen LogP contribution in [0, 0.1) is 12.7 Å². The van der Waals surface area contributed by atoms with Crippen molar-refractivity contribution in [3.8, 4) is 0 Å². The van der Waals surface area contributed by atoms with Crippen LogP contribution in [0.25, 0.3) is 10.1 Å². The zero-order chi connectivity index (χ0) is 12.6. The fourth-order valence-corrected chi connectivity index (χ4v) is 3.15. The second-order valence-corrected chi connectivity index (χ2v) is 4.94. The Kier molecular flexibility index (Phi) is 3.35. The lowest BCUT2D eigenvalue weighted by atomic mass is 10.1. The molecule has 5 heteroatoms. The summed E-state index contributed by atoms with van der Waals surface area (Å²) in [5, 5.41) is 1.05. The average Bonchev–Trinajstić information content (AvgIpc) is 2.63. The average molecular weight is 273 g/mol. The van der Waals surface area contributed by atoms with E-state index in [-0.39, 0.29) is 5.82 Å². The lowest BCUT2D eigenvalue weighted by Gasteiger charge is -1.99. The van der Waals surface area contributed by atoms with Crippen LogP contribution in [0.3, 0.4) is 0 Å². The van der Waals surface area contributed by atoms with Crippen molar-refractivity contribution in [1.29, 1.82) is 0 Å². The number of aryl methyl sites for hydroxylation is 1. The van der Waals surface area contributed by atoms with E-state index in [1.807, 2.05) is 0 Å². The molecule has 0 unspecified atom stereocenters. The second-order valence-electron chi connectivity index (χ2n) is 3.51. The van der Waals surface area contributed by atoms with Gasteiger partial charge in [-0.1, -0.05) is 11.6 Å². The van der Waals surface area contributed by atoms with Crippen molar-refractivity contribution >= 4 is 39.0 Å². The number of hydrogen-bond donors (Lipinski definition) is 0. The molecule has 0 saturated carbocycles. The minimum absolute atomic E-state index is 0.294. The molecular weight excluding hydrogens is 263 g/mol. The van der Waals surface area contributed by atoms with Crippen molar-refractivity contribution in [2.75, 3.05) is 6.61 Å². The quantitative estimate of drug-likeness (QED) is 0.767. The molecule has 1 aromatic heterocycles. The van der Waals surface area contributed by atoms with Gasteiger partial charge in [-0.2, -0.15) is 0 Å². The number of fused-ring (bicyclic) bond motifs is 1. The summed E-state index contributed by atoms with van der Waals surface area (Å²) in [4.78, 5) is 12.1. The van der Waals surface area contributed by atoms with E-state index in [9.17, 15) is 9.18 Å². The highest BCUT2D eigenvalue weighted by atomic mass is 35.5. The maximum atomic E-state index is 13.6. The second kappa shape index (κ2) is 4.63. The topological polar surface area (TPSA) is 26.3 Å². The molecule has 0 spiro atoms. The van der Waals surface area contributed by atoms with Crippen LogP contribution in [0.4, 0.5) is 4.39 Å². The number of carbonyl (C=O) groups is 1.